The predicted molar refractivity (Wildman–Crippen MR) is 153 cm³/mol. The summed E-state index contributed by atoms with van der Waals surface area (Å²) >= 11 is 0. The molecule has 3 amide bonds. The van der Waals surface area contributed by atoms with Gasteiger partial charge in [0.2, 0.25) is 17.7 Å². The molecule has 6 atom stereocenters. The van der Waals surface area contributed by atoms with E-state index in [2.05, 4.69) is 40.9 Å². The molecule has 1 spiro atoms. The zero-order chi connectivity index (χ0) is 29.6. The van der Waals surface area contributed by atoms with Gasteiger partial charge in [-0.05, 0) is 51.4 Å². The lowest BCUT2D eigenvalue weighted by atomic mass is 9.62. The van der Waals surface area contributed by atoms with E-state index in [9.17, 15) is 19.5 Å². The lowest BCUT2D eigenvalue weighted by Gasteiger charge is -2.45. The molecular weight excluding hydrogens is 494 g/mol. The summed E-state index contributed by atoms with van der Waals surface area (Å²) in [6.45, 7) is 25.2. The van der Waals surface area contributed by atoms with E-state index in [1.807, 2.05) is 32.6 Å². The number of β-amino-alcohol motifs (C(OH)–C–C–N with tert-alkyl or cyclic N) is 1. The van der Waals surface area contributed by atoms with E-state index in [4.69, 9.17) is 4.74 Å². The van der Waals surface area contributed by atoms with Crippen molar-refractivity contribution in [2.45, 2.75) is 97.4 Å². The molecule has 3 rings (SSSR count). The van der Waals surface area contributed by atoms with Gasteiger partial charge in [-0.15, -0.1) is 13.2 Å². The highest BCUT2D eigenvalue weighted by molar-refractivity contribution is 5.99. The molecule has 3 saturated heterocycles. The molecule has 3 fully saturated rings. The molecule has 1 N–H and O–H groups in total. The van der Waals surface area contributed by atoms with Crippen LogP contribution >= 0.6 is 0 Å². The minimum Gasteiger partial charge on any atom is -0.395 e. The van der Waals surface area contributed by atoms with Gasteiger partial charge < -0.3 is 24.5 Å². The highest BCUT2D eigenvalue weighted by atomic mass is 16.5. The number of rotatable bonds is 12. The first-order valence-corrected chi connectivity index (χ1v) is 14.5. The lowest BCUT2D eigenvalue weighted by Crippen LogP contribution is -2.61. The fourth-order valence-electron chi connectivity index (χ4n) is 7.96. The first-order chi connectivity index (χ1) is 18.1. The number of likely N-dealkylation sites (tertiary alicyclic amines) is 1. The Balaban J connectivity index is 2.14. The third-order valence-corrected chi connectivity index (χ3v) is 9.08. The maximum atomic E-state index is 14.7. The van der Waals surface area contributed by atoms with Gasteiger partial charge >= 0.3 is 0 Å². The molecule has 0 aromatic heterocycles. The van der Waals surface area contributed by atoms with Gasteiger partial charge in [-0.25, -0.2) is 0 Å². The summed E-state index contributed by atoms with van der Waals surface area (Å²) in [5, 5.41) is 9.97. The molecule has 2 bridgehead atoms. The van der Waals surface area contributed by atoms with Crippen LogP contribution in [0.3, 0.4) is 0 Å². The Morgan fingerprint density at radius 1 is 1.15 bits per heavy atom. The summed E-state index contributed by atoms with van der Waals surface area (Å²) in [4.78, 5) is 48.0. The van der Waals surface area contributed by atoms with Crippen molar-refractivity contribution in [3.05, 3.63) is 25.3 Å². The number of aliphatic hydroxyl groups is 1. The van der Waals surface area contributed by atoms with Crippen LogP contribution in [0.25, 0.3) is 0 Å². The van der Waals surface area contributed by atoms with Gasteiger partial charge in [0.15, 0.2) is 0 Å². The normalized spacial score (nSPS) is 31.8. The summed E-state index contributed by atoms with van der Waals surface area (Å²) in [6, 6.07) is -0.928. The van der Waals surface area contributed by atoms with Crippen LogP contribution in [0.4, 0.5) is 0 Å². The van der Waals surface area contributed by atoms with Crippen LogP contribution in [0.15, 0.2) is 25.3 Å². The molecule has 0 radical (unpaired) electrons. The third kappa shape index (κ3) is 5.19. The number of carbonyl (C=O) groups excluding carboxylic acids is 3. The molecule has 3 aliphatic heterocycles. The maximum absolute atomic E-state index is 14.7. The van der Waals surface area contributed by atoms with E-state index in [1.165, 1.54) is 4.90 Å². The van der Waals surface area contributed by atoms with Crippen molar-refractivity contribution in [3.8, 4) is 0 Å². The van der Waals surface area contributed by atoms with Crippen molar-refractivity contribution < 1.29 is 24.2 Å². The molecule has 39 heavy (non-hydrogen) atoms. The first kappa shape index (κ1) is 31.3. The zero-order valence-electron chi connectivity index (χ0n) is 25.5. The molecule has 0 aromatic rings. The Bertz CT molecular complexity index is 987. The van der Waals surface area contributed by atoms with Gasteiger partial charge in [0.1, 0.15) is 11.6 Å². The average Bonchev–Trinajstić information content (AvgIpc) is 3.32. The summed E-state index contributed by atoms with van der Waals surface area (Å²) < 4.78 is 6.86. The number of aliphatic hydroxyl groups excluding tert-OH is 1. The number of fused-ring (bicyclic) bond motifs is 1. The summed E-state index contributed by atoms with van der Waals surface area (Å²) in [5.74, 6) is -2.16. The molecule has 0 aromatic carbocycles. The molecule has 3 unspecified atom stereocenters. The Hall–Kier alpha value is -2.19. The van der Waals surface area contributed by atoms with Crippen LogP contribution in [-0.2, 0) is 19.1 Å². The lowest BCUT2D eigenvalue weighted by molar-refractivity contribution is -0.158. The minimum absolute atomic E-state index is 0.00974. The smallest absolute Gasteiger partial charge is 0.249 e. The van der Waals surface area contributed by atoms with Gasteiger partial charge in [0, 0.05) is 31.7 Å². The second-order valence-electron chi connectivity index (χ2n) is 13.8. The monoisotopic (exact) mass is 545 g/mol. The molecule has 8 nitrogen and oxygen atoms in total. The molecule has 3 aliphatic rings. The maximum Gasteiger partial charge on any atom is 0.249 e. The largest absolute Gasteiger partial charge is 0.395 e. The van der Waals surface area contributed by atoms with Crippen molar-refractivity contribution in [2.24, 2.45) is 23.2 Å². The molecular formula is C31H51N3O5. The van der Waals surface area contributed by atoms with Crippen LogP contribution in [0.5, 0.6) is 0 Å². The summed E-state index contributed by atoms with van der Waals surface area (Å²) in [5.41, 5.74) is -2.59. The first-order valence-electron chi connectivity index (χ1n) is 14.5. The van der Waals surface area contributed by atoms with Crippen LogP contribution in [-0.4, -0.2) is 93.1 Å². The minimum atomic E-state index is -1.14. The van der Waals surface area contributed by atoms with Crippen molar-refractivity contribution >= 4 is 17.7 Å². The third-order valence-electron chi connectivity index (χ3n) is 9.08. The number of nitrogens with zero attached hydrogens (tertiary/aromatic N) is 3. The topological polar surface area (TPSA) is 90.4 Å². The zero-order valence-corrected chi connectivity index (χ0v) is 25.5. The number of hydrogen-bond acceptors (Lipinski definition) is 5. The van der Waals surface area contributed by atoms with Crippen molar-refractivity contribution in [1.82, 2.24) is 14.7 Å². The average molecular weight is 546 g/mol. The van der Waals surface area contributed by atoms with E-state index in [0.717, 1.165) is 12.8 Å². The number of amides is 3. The number of carbonyl (C=O) groups is 3. The highest BCUT2D eigenvalue weighted by Gasteiger charge is 2.80. The fourth-order valence-corrected chi connectivity index (χ4v) is 7.96. The van der Waals surface area contributed by atoms with Crippen molar-refractivity contribution in [3.63, 3.8) is 0 Å². The van der Waals surface area contributed by atoms with Gasteiger partial charge in [0.25, 0.3) is 0 Å². The molecule has 220 valence electrons. The van der Waals surface area contributed by atoms with Gasteiger partial charge in [-0.2, -0.15) is 0 Å². The standard InChI is InChI=1S/C31H51N3O5/c1-11-14-32(15-12-2)25(36)22-23-26(37)33(17-18-35)24(31(23)19-21(4)30(22,10)39-31)27(38)34(16-13-3)29(8,9)20-28(5,6)7/h11,13,21-24,35H,1,3,12,14-20H2,2,4-10H3/t21?,22-,23-,24?,30+,31?/m0/s1. The van der Waals surface area contributed by atoms with E-state index >= 15 is 0 Å². The molecule has 0 aliphatic carbocycles. The van der Waals surface area contributed by atoms with E-state index < -0.39 is 34.6 Å². The fraction of sp³-hybridized carbons (Fsp3) is 0.774. The molecule has 3 heterocycles. The van der Waals surface area contributed by atoms with Crippen LogP contribution in [0.1, 0.15) is 74.7 Å². The Morgan fingerprint density at radius 3 is 2.28 bits per heavy atom. The number of ether oxygens (including phenoxy) is 1. The van der Waals surface area contributed by atoms with Crippen molar-refractivity contribution in [1.29, 1.82) is 0 Å². The Kier molecular flexibility index (Phi) is 8.84. The second-order valence-corrected chi connectivity index (χ2v) is 13.8. The predicted octanol–water partition coefficient (Wildman–Crippen LogP) is 3.64. The van der Waals surface area contributed by atoms with E-state index in [-0.39, 0.29) is 42.2 Å². The van der Waals surface area contributed by atoms with Crippen molar-refractivity contribution in [2.75, 3.05) is 32.8 Å². The molecule has 0 saturated carbocycles. The Labute approximate surface area is 235 Å². The SMILES string of the molecule is C=CCN(CCC)C(=O)[C@@H]1[C@H]2C(=O)N(CCO)C(C(=O)N(CC=C)C(C)(C)CC(C)(C)C)C23CC(C)[C@@]1(C)O3. The van der Waals surface area contributed by atoms with Crippen LogP contribution < -0.4 is 0 Å². The van der Waals surface area contributed by atoms with Gasteiger partial charge in [-0.3, -0.25) is 14.4 Å². The second kappa shape index (κ2) is 11.0. The van der Waals surface area contributed by atoms with Crippen LogP contribution in [0.2, 0.25) is 0 Å². The van der Waals surface area contributed by atoms with Crippen LogP contribution in [0, 0.1) is 23.2 Å². The van der Waals surface area contributed by atoms with Gasteiger partial charge in [0.05, 0.1) is 24.0 Å². The highest BCUT2D eigenvalue weighted by Crippen LogP contribution is 2.65. The van der Waals surface area contributed by atoms with E-state index in [0.29, 0.717) is 26.1 Å². The number of hydrogen-bond donors (Lipinski definition) is 1. The Morgan fingerprint density at radius 2 is 1.77 bits per heavy atom. The molecule has 8 heteroatoms. The van der Waals surface area contributed by atoms with E-state index in [1.54, 1.807) is 17.1 Å². The summed E-state index contributed by atoms with van der Waals surface area (Å²) in [7, 11) is 0. The summed E-state index contributed by atoms with van der Waals surface area (Å²) in [6.07, 6.45) is 5.43. The van der Waals surface area contributed by atoms with Gasteiger partial charge in [-0.1, -0.05) is 46.8 Å². The quantitative estimate of drug-likeness (QED) is 0.378.